The van der Waals surface area contributed by atoms with Crippen molar-refractivity contribution in [3.05, 3.63) is 35.7 Å². The third-order valence-electron chi connectivity index (χ3n) is 5.59. The lowest BCUT2D eigenvalue weighted by Gasteiger charge is -2.38. The molecule has 0 saturated carbocycles. The van der Waals surface area contributed by atoms with Crippen molar-refractivity contribution in [1.82, 2.24) is 20.3 Å². The largest absolute Gasteiger partial charge is 0.444 e. The van der Waals surface area contributed by atoms with Gasteiger partial charge in [0.05, 0.1) is 0 Å². The standard InChI is InChI=1S/C23H31N5O2/c1-23(2,3)30-22(29)25-15-16-9-5-7-14-28(16)21-17-10-8-12-18(17)26-20(27-21)19-11-4-6-13-24-19/h4,6,11,13,16H,5,7-10,12,14-15H2,1-3H3,(H,25,29). The molecule has 30 heavy (non-hydrogen) atoms. The lowest BCUT2D eigenvalue weighted by atomic mass is 10.0. The maximum Gasteiger partial charge on any atom is 0.407 e. The van der Waals surface area contributed by atoms with Gasteiger partial charge in [0.2, 0.25) is 0 Å². The zero-order valence-corrected chi connectivity index (χ0v) is 18.1. The summed E-state index contributed by atoms with van der Waals surface area (Å²) < 4.78 is 5.42. The number of carbonyl (C=O) groups excluding carboxylic acids is 1. The fourth-order valence-corrected chi connectivity index (χ4v) is 4.27. The molecule has 1 amide bonds. The van der Waals surface area contributed by atoms with Crippen LogP contribution in [0.4, 0.5) is 10.6 Å². The molecule has 0 bridgehead atoms. The molecule has 7 nitrogen and oxygen atoms in total. The molecule has 1 atom stereocenters. The van der Waals surface area contributed by atoms with Gasteiger partial charge in [0.1, 0.15) is 17.1 Å². The van der Waals surface area contributed by atoms with Crippen LogP contribution in [0.1, 0.15) is 57.7 Å². The van der Waals surface area contributed by atoms with Crippen molar-refractivity contribution >= 4 is 11.9 Å². The van der Waals surface area contributed by atoms with Crippen LogP contribution in [0, 0.1) is 0 Å². The molecular formula is C23H31N5O2. The van der Waals surface area contributed by atoms with Crippen molar-refractivity contribution < 1.29 is 9.53 Å². The highest BCUT2D eigenvalue weighted by Gasteiger charge is 2.30. The molecule has 1 N–H and O–H groups in total. The highest BCUT2D eigenvalue weighted by atomic mass is 16.6. The van der Waals surface area contributed by atoms with E-state index in [-0.39, 0.29) is 12.1 Å². The second kappa shape index (κ2) is 8.58. The number of carbonyl (C=O) groups is 1. The molecule has 1 aliphatic carbocycles. The summed E-state index contributed by atoms with van der Waals surface area (Å²) in [6.45, 7) is 7.12. The molecule has 1 aliphatic heterocycles. The Hall–Kier alpha value is -2.70. The molecule has 0 aromatic carbocycles. The summed E-state index contributed by atoms with van der Waals surface area (Å²) in [5.74, 6) is 1.71. The van der Waals surface area contributed by atoms with Crippen LogP contribution in [0.3, 0.4) is 0 Å². The van der Waals surface area contributed by atoms with Crippen LogP contribution in [0.2, 0.25) is 0 Å². The first kappa shape index (κ1) is 20.6. The van der Waals surface area contributed by atoms with Crippen LogP contribution < -0.4 is 10.2 Å². The summed E-state index contributed by atoms with van der Waals surface area (Å²) in [6.07, 6.45) is 7.81. The lowest BCUT2D eigenvalue weighted by Crippen LogP contribution is -2.48. The van der Waals surface area contributed by atoms with Gasteiger partial charge in [-0.25, -0.2) is 14.8 Å². The van der Waals surface area contributed by atoms with Crippen LogP contribution in [-0.2, 0) is 17.6 Å². The Morgan fingerprint density at radius 2 is 2.07 bits per heavy atom. The first-order valence-electron chi connectivity index (χ1n) is 11.0. The molecule has 2 aromatic rings. The van der Waals surface area contributed by atoms with Crippen molar-refractivity contribution in [2.24, 2.45) is 0 Å². The van der Waals surface area contributed by atoms with Gasteiger partial charge in [-0.05, 0) is 71.4 Å². The van der Waals surface area contributed by atoms with Crippen LogP contribution in [0.15, 0.2) is 24.4 Å². The minimum absolute atomic E-state index is 0.197. The van der Waals surface area contributed by atoms with Crippen molar-refractivity contribution in [1.29, 1.82) is 0 Å². The molecule has 3 heterocycles. The average Bonchev–Trinajstić information content (AvgIpc) is 3.20. The monoisotopic (exact) mass is 409 g/mol. The van der Waals surface area contributed by atoms with E-state index in [1.807, 2.05) is 39.0 Å². The average molecular weight is 410 g/mol. The van der Waals surface area contributed by atoms with Gasteiger partial charge in [-0.1, -0.05) is 6.07 Å². The number of hydrogen-bond donors (Lipinski definition) is 1. The molecule has 1 saturated heterocycles. The van der Waals surface area contributed by atoms with E-state index in [1.165, 1.54) is 5.56 Å². The van der Waals surface area contributed by atoms with Crippen molar-refractivity contribution in [2.45, 2.75) is 70.9 Å². The van der Waals surface area contributed by atoms with Gasteiger partial charge in [-0.2, -0.15) is 0 Å². The minimum Gasteiger partial charge on any atom is -0.444 e. The van der Waals surface area contributed by atoms with E-state index in [4.69, 9.17) is 14.7 Å². The van der Waals surface area contributed by atoms with Crippen molar-refractivity contribution in [3.8, 4) is 11.5 Å². The molecular weight excluding hydrogens is 378 g/mol. The Bertz CT molecular complexity index is 894. The summed E-state index contributed by atoms with van der Waals surface area (Å²) in [7, 11) is 0. The predicted octanol–water partition coefficient (Wildman–Crippen LogP) is 3.91. The van der Waals surface area contributed by atoms with E-state index >= 15 is 0 Å². The third kappa shape index (κ3) is 4.71. The van der Waals surface area contributed by atoms with Crippen LogP contribution in [0.5, 0.6) is 0 Å². The number of rotatable bonds is 4. The first-order valence-corrected chi connectivity index (χ1v) is 11.0. The van der Waals surface area contributed by atoms with Crippen molar-refractivity contribution in [3.63, 3.8) is 0 Å². The Morgan fingerprint density at radius 3 is 2.83 bits per heavy atom. The van der Waals surface area contributed by atoms with E-state index in [0.717, 1.165) is 62.3 Å². The Morgan fingerprint density at radius 1 is 1.20 bits per heavy atom. The van der Waals surface area contributed by atoms with Gasteiger partial charge in [0.25, 0.3) is 0 Å². The number of pyridine rings is 1. The number of aryl methyl sites for hydroxylation is 1. The number of nitrogens with zero attached hydrogens (tertiary/aromatic N) is 4. The molecule has 1 fully saturated rings. The van der Waals surface area contributed by atoms with Gasteiger partial charge in [0, 0.05) is 36.6 Å². The van der Waals surface area contributed by atoms with Crippen molar-refractivity contribution in [2.75, 3.05) is 18.0 Å². The molecule has 160 valence electrons. The van der Waals surface area contributed by atoms with E-state index in [0.29, 0.717) is 12.4 Å². The van der Waals surface area contributed by atoms with Gasteiger partial charge in [0.15, 0.2) is 5.82 Å². The third-order valence-corrected chi connectivity index (χ3v) is 5.59. The Balaban J connectivity index is 1.59. The summed E-state index contributed by atoms with van der Waals surface area (Å²) >= 11 is 0. The summed E-state index contributed by atoms with van der Waals surface area (Å²) in [4.78, 5) is 28.8. The predicted molar refractivity (Wildman–Crippen MR) is 117 cm³/mol. The molecule has 2 aromatic heterocycles. The number of fused-ring (bicyclic) bond motifs is 1. The first-order chi connectivity index (χ1) is 14.4. The maximum atomic E-state index is 12.2. The van der Waals surface area contributed by atoms with E-state index in [1.54, 1.807) is 6.20 Å². The van der Waals surface area contributed by atoms with Crippen LogP contribution >= 0.6 is 0 Å². The highest BCUT2D eigenvalue weighted by Crippen LogP contribution is 2.34. The van der Waals surface area contributed by atoms with Gasteiger partial charge < -0.3 is 15.0 Å². The summed E-state index contributed by atoms with van der Waals surface area (Å²) in [5.41, 5.74) is 2.71. The fourth-order valence-electron chi connectivity index (χ4n) is 4.27. The van der Waals surface area contributed by atoms with E-state index in [2.05, 4.69) is 15.2 Å². The second-order valence-electron chi connectivity index (χ2n) is 9.09. The molecule has 7 heteroatoms. The molecule has 2 aliphatic rings. The van der Waals surface area contributed by atoms with Crippen LogP contribution in [0.25, 0.3) is 11.5 Å². The Kier molecular flexibility index (Phi) is 5.88. The number of amides is 1. The highest BCUT2D eigenvalue weighted by molar-refractivity contribution is 5.68. The number of anilines is 1. The number of nitrogens with one attached hydrogen (secondary N) is 1. The number of alkyl carbamates (subject to hydrolysis) is 1. The normalized spacial score (nSPS) is 18.8. The number of aromatic nitrogens is 3. The zero-order valence-electron chi connectivity index (χ0n) is 18.1. The van der Waals surface area contributed by atoms with Gasteiger partial charge in [-0.15, -0.1) is 0 Å². The number of hydrogen-bond acceptors (Lipinski definition) is 6. The lowest BCUT2D eigenvalue weighted by molar-refractivity contribution is 0.0523. The summed E-state index contributed by atoms with van der Waals surface area (Å²) in [6, 6.07) is 6.02. The quantitative estimate of drug-likeness (QED) is 0.825. The number of piperidine rings is 1. The Labute approximate surface area is 178 Å². The molecule has 4 rings (SSSR count). The zero-order chi connectivity index (χ0) is 21.1. The second-order valence-corrected chi connectivity index (χ2v) is 9.09. The minimum atomic E-state index is -0.499. The fraction of sp³-hybridized carbons (Fsp3) is 0.565. The maximum absolute atomic E-state index is 12.2. The molecule has 0 radical (unpaired) electrons. The van der Waals surface area contributed by atoms with E-state index < -0.39 is 5.60 Å². The number of ether oxygens (including phenoxy) is 1. The van der Waals surface area contributed by atoms with Gasteiger partial charge in [-0.3, -0.25) is 4.98 Å². The SMILES string of the molecule is CC(C)(C)OC(=O)NCC1CCCCN1c1nc(-c2ccccn2)nc2c1CCC2. The smallest absolute Gasteiger partial charge is 0.407 e. The van der Waals surface area contributed by atoms with Gasteiger partial charge >= 0.3 is 6.09 Å². The van der Waals surface area contributed by atoms with E-state index in [9.17, 15) is 4.79 Å². The summed E-state index contributed by atoms with van der Waals surface area (Å²) in [5, 5.41) is 2.96. The molecule has 0 spiro atoms. The molecule has 1 unspecified atom stereocenters. The van der Waals surface area contributed by atoms with Crippen LogP contribution in [-0.4, -0.2) is 45.8 Å². The topological polar surface area (TPSA) is 80.2 Å².